The summed E-state index contributed by atoms with van der Waals surface area (Å²) >= 11 is 6.01. The Labute approximate surface area is 265 Å². The van der Waals surface area contributed by atoms with Gasteiger partial charge in [-0.3, -0.25) is 9.35 Å². The molecule has 0 aliphatic heterocycles. The molecule has 0 unspecified atom stereocenters. The number of hydrogen-bond donors (Lipinski definition) is 2. The molecule has 37 heavy (non-hydrogen) atoms. The molecule has 12 heteroatoms. The average Bonchev–Trinajstić information content (AvgIpc) is 2.85. The van der Waals surface area contributed by atoms with Gasteiger partial charge < -0.3 is 14.8 Å². The summed E-state index contributed by atoms with van der Waals surface area (Å²) in [6, 6.07) is 16.3. The second-order valence-electron chi connectivity index (χ2n) is 8.76. The first-order valence-electron chi connectivity index (χ1n) is 11.8. The maximum absolute atomic E-state index is 13.0. The Kier molecular flexibility index (Phi) is 14.1. The van der Waals surface area contributed by atoms with Crippen LogP contribution in [0.4, 0.5) is 16.2 Å². The zero-order valence-electron chi connectivity index (χ0n) is 19.8. The predicted octanol–water partition coefficient (Wildman–Crippen LogP) is 3.79. The first-order valence-corrected chi connectivity index (χ1v) is 13.8. The van der Waals surface area contributed by atoms with Crippen LogP contribution in [0, 0.1) is 11.8 Å². The van der Waals surface area contributed by atoms with Crippen molar-refractivity contribution < 1.29 is 32.0 Å². The number of carbonyl (C=O) groups is 2. The van der Waals surface area contributed by atoms with Gasteiger partial charge in [0, 0.05) is 11.6 Å². The molecule has 1 saturated carbocycles. The monoisotopic (exact) mass is 578 g/mol. The summed E-state index contributed by atoms with van der Waals surface area (Å²) in [5, 5.41) is 2.97. The summed E-state index contributed by atoms with van der Waals surface area (Å²) in [5.41, 5.74) is 1.37. The Morgan fingerprint density at radius 2 is 1.51 bits per heavy atom. The molecule has 1 fully saturated rings. The fourth-order valence-electron chi connectivity index (χ4n) is 4.03. The van der Waals surface area contributed by atoms with Crippen LogP contribution < -0.4 is 10.2 Å². The molecule has 0 aromatic heterocycles. The van der Waals surface area contributed by atoms with Crippen LogP contribution in [0.25, 0.3) is 0 Å². The Morgan fingerprint density at radius 3 is 2.11 bits per heavy atom. The quantitative estimate of drug-likeness (QED) is 0.307. The SMILES string of the molecule is O=C(COCC1CCC(COC(=O)N(c2ccccc2)c2ccc(Cl)cc2)CC1)NCCS(=O)(=O)O.[KH]. The molecule has 0 atom stereocenters. The van der Waals surface area contributed by atoms with E-state index in [2.05, 4.69) is 5.32 Å². The third kappa shape index (κ3) is 11.7. The van der Waals surface area contributed by atoms with E-state index in [0.717, 1.165) is 25.7 Å². The second-order valence-corrected chi connectivity index (χ2v) is 10.8. The van der Waals surface area contributed by atoms with Gasteiger partial charge in [-0.15, -0.1) is 0 Å². The minimum atomic E-state index is -4.10. The standard InChI is InChI=1S/C25H31ClN2O7S.K.H/c26-21-10-12-23(13-11-21)28(22-4-2-1-3-5-22)25(30)35-17-20-8-6-19(7-9-20)16-34-18-24(29)27-14-15-36(31,32)33;;/h1-5,10-13,19-20H,6-9,14-18H2,(H,27,29)(H,31,32,33);;. The number of nitrogens with zero attached hydrogens (tertiary/aromatic N) is 1. The molecule has 0 saturated heterocycles. The van der Waals surface area contributed by atoms with E-state index in [4.69, 9.17) is 25.6 Å². The summed E-state index contributed by atoms with van der Waals surface area (Å²) < 4.78 is 41.1. The molecule has 1 aliphatic rings. The van der Waals surface area contributed by atoms with Crippen molar-refractivity contribution in [1.29, 1.82) is 0 Å². The van der Waals surface area contributed by atoms with Crippen LogP contribution >= 0.6 is 11.6 Å². The number of carbonyl (C=O) groups excluding carboxylic acids is 2. The van der Waals surface area contributed by atoms with Gasteiger partial charge in [0.25, 0.3) is 10.1 Å². The van der Waals surface area contributed by atoms with Crippen LogP contribution in [-0.4, -0.2) is 108 Å². The van der Waals surface area contributed by atoms with Crippen LogP contribution in [0.3, 0.4) is 0 Å². The first-order chi connectivity index (χ1) is 17.2. The van der Waals surface area contributed by atoms with Gasteiger partial charge in [-0.05, 0) is 73.9 Å². The van der Waals surface area contributed by atoms with Crippen molar-refractivity contribution in [2.45, 2.75) is 25.7 Å². The van der Waals surface area contributed by atoms with Crippen LogP contribution in [0.5, 0.6) is 0 Å². The van der Waals surface area contributed by atoms with Crippen molar-refractivity contribution in [3.8, 4) is 0 Å². The molecular weight excluding hydrogens is 547 g/mol. The number of ether oxygens (including phenoxy) is 2. The molecule has 3 rings (SSSR count). The Balaban J connectivity index is 0.00000481. The number of para-hydroxylation sites is 1. The van der Waals surface area contributed by atoms with E-state index in [1.165, 1.54) is 4.90 Å². The fraction of sp³-hybridized carbons (Fsp3) is 0.440. The van der Waals surface area contributed by atoms with Gasteiger partial charge in [0.2, 0.25) is 5.91 Å². The Morgan fingerprint density at radius 1 is 0.946 bits per heavy atom. The van der Waals surface area contributed by atoms with Gasteiger partial charge in [0.05, 0.1) is 30.3 Å². The molecule has 0 radical (unpaired) electrons. The van der Waals surface area contributed by atoms with Crippen molar-refractivity contribution in [2.24, 2.45) is 11.8 Å². The number of rotatable bonds is 11. The van der Waals surface area contributed by atoms with Gasteiger partial charge in [0.15, 0.2) is 0 Å². The Hall–Kier alpha value is -1.02. The normalized spacial score (nSPS) is 17.4. The number of halogens is 1. The second kappa shape index (κ2) is 16.2. The number of amides is 2. The third-order valence-corrected chi connectivity index (χ3v) is 6.93. The minimum absolute atomic E-state index is 0. The van der Waals surface area contributed by atoms with Crippen molar-refractivity contribution in [1.82, 2.24) is 5.32 Å². The summed E-state index contributed by atoms with van der Waals surface area (Å²) in [5.74, 6) is -0.409. The maximum atomic E-state index is 13.0. The summed E-state index contributed by atoms with van der Waals surface area (Å²) in [6.07, 6.45) is 3.11. The van der Waals surface area contributed by atoms with Crippen molar-refractivity contribution in [3.05, 3.63) is 59.6 Å². The number of nitrogens with one attached hydrogen (secondary N) is 1. The van der Waals surface area contributed by atoms with Crippen molar-refractivity contribution in [2.75, 3.05) is 37.0 Å². The molecular formula is C25H32ClKN2O7S. The Bertz CT molecular complexity index is 1100. The van der Waals surface area contributed by atoms with E-state index in [1.807, 2.05) is 30.3 Å². The van der Waals surface area contributed by atoms with Gasteiger partial charge in [-0.2, -0.15) is 8.42 Å². The fourth-order valence-corrected chi connectivity index (χ4v) is 4.52. The molecule has 0 heterocycles. The van der Waals surface area contributed by atoms with Crippen LogP contribution in [-0.2, 0) is 24.4 Å². The van der Waals surface area contributed by atoms with Gasteiger partial charge in [-0.25, -0.2) is 9.69 Å². The molecule has 198 valence electrons. The zero-order chi connectivity index (χ0) is 26.0. The number of benzene rings is 2. The van der Waals surface area contributed by atoms with Crippen LogP contribution in [0.1, 0.15) is 25.7 Å². The molecule has 1 aliphatic carbocycles. The van der Waals surface area contributed by atoms with Gasteiger partial charge in [-0.1, -0.05) is 29.8 Å². The number of hydrogen-bond acceptors (Lipinski definition) is 6. The van der Waals surface area contributed by atoms with E-state index >= 15 is 0 Å². The number of anilines is 2. The van der Waals surface area contributed by atoms with Crippen LogP contribution in [0.15, 0.2) is 54.6 Å². The van der Waals surface area contributed by atoms with E-state index in [9.17, 15) is 18.0 Å². The van der Waals surface area contributed by atoms with Gasteiger partial charge in [0.1, 0.15) is 6.61 Å². The average molecular weight is 579 g/mol. The van der Waals surface area contributed by atoms with Crippen molar-refractivity contribution in [3.63, 3.8) is 0 Å². The molecule has 9 nitrogen and oxygen atoms in total. The summed E-state index contributed by atoms with van der Waals surface area (Å²) in [4.78, 5) is 26.2. The molecule has 2 aromatic carbocycles. The molecule has 2 N–H and O–H groups in total. The predicted molar refractivity (Wildman–Crippen MR) is 144 cm³/mol. The van der Waals surface area contributed by atoms with Gasteiger partial charge >= 0.3 is 57.5 Å². The topological polar surface area (TPSA) is 122 Å². The van der Waals surface area contributed by atoms with Crippen LogP contribution in [0.2, 0.25) is 5.02 Å². The summed E-state index contributed by atoms with van der Waals surface area (Å²) in [6.45, 7) is 0.420. The molecule has 0 spiro atoms. The van der Waals surface area contributed by atoms with E-state index in [0.29, 0.717) is 35.5 Å². The summed E-state index contributed by atoms with van der Waals surface area (Å²) in [7, 11) is -4.10. The molecule has 2 aromatic rings. The van der Waals surface area contributed by atoms with Crippen molar-refractivity contribution >= 4 is 96.5 Å². The van der Waals surface area contributed by atoms with E-state index in [1.54, 1.807) is 24.3 Å². The molecule has 2 amide bonds. The zero-order valence-corrected chi connectivity index (χ0v) is 21.4. The third-order valence-electron chi connectivity index (χ3n) is 5.96. The molecule has 0 bridgehead atoms. The van der Waals surface area contributed by atoms with E-state index < -0.39 is 27.9 Å². The van der Waals surface area contributed by atoms with E-state index in [-0.39, 0.29) is 70.5 Å². The first kappa shape index (κ1) is 32.2.